The Morgan fingerprint density at radius 1 is 1.13 bits per heavy atom. The van der Waals surface area contributed by atoms with Crippen molar-refractivity contribution in [2.45, 2.75) is 19.6 Å². The molecule has 1 aromatic heterocycles. The minimum atomic E-state index is -1.55. The summed E-state index contributed by atoms with van der Waals surface area (Å²) < 4.78 is 5.36. The van der Waals surface area contributed by atoms with Gasteiger partial charge in [0.2, 0.25) is 0 Å². The Kier molecular flexibility index (Phi) is 2.27. The van der Waals surface area contributed by atoms with Gasteiger partial charge in [-0.2, -0.15) is 0 Å². The highest BCUT2D eigenvalue weighted by Crippen LogP contribution is 2.10. The van der Waals surface area contributed by atoms with E-state index in [2.05, 4.69) is 19.6 Å². The quantitative estimate of drug-likeness (QED) is 0.688. The van der Waals surface area contributed by atoms with Gasteiger partial charge in [0.1, 0.15) is 8.07 Å². The highest BCUT2D eigenvalue weighted by Gasteiger charge is 2.20. The largest absolute Gasteiger partial charge is 0.433 e. The fourth-order valence-electron chi connectivity index (χ4n) is 1.50. The Hall–Kier alpha value is -1.35. The van der Waals surface area contributed by atoms with E-state index >= 15 is 0 Å². The van der Waals surface area contributed by atoms with E-state index in [0.29, 0.717) is 5.39 Å². The first kappa shape index (κ1) is 10.2. The predicted molar refractivity (Wildman–Crippen MR) is 65.5 cm³/mol. The number of fused-ring (bicyclic) bond motifs is 1. The first-order valence-corrected chi connectivity index (χ1v) is 8.52. The van der Waals surface area contributed by atoms with Crippen LogP contribution in [0.15, 0.2) is 39.5 Å². The van der Waals surface area contributed by atoms with E-state index < -0.39 is 8.07 Å². The van der Waals surface area contributed by atoms with Crippen LogP contribution in [0, 0.1) is 0 Å². The minimum Gasteiger partial charge on any atom is -0.433 e. The lowest BCUT2D eigenvalue weighted by molar-refractivity contribution is 0.549. The van der Waals surface area contributed by atoms with Gasteiger partial charge in [-0.1, -0.05) is 37.8 Å². The van der Waals surface area contributed by atoms with E-state index in [4.69, 9.17) is 4.42 Å². The van der Waals surface area contributed by atoms with Crippen LogP contribution in [0.3, 0.4) is 0 Å². The van der Waals surface area contributed by atoms with Crippen LogP contribution in [-0.4, -0.2) is 8.07 Å². The molecule has 2 rings (SSSR count). The second kappa shape index (κ2) is 3.34. The molecule has 1 aromatic carbocycles. The number of rotatable bonds is 1. The molecular formula is C12H14O2Si. The fraction of sp³-hybridized carbons (Fsp3) is 0.250. The van der Waals surface area contributed by atoms with Gasteiger partial charge in [-0.25, -0.2) is 4.79 Å². The van der Waals surface area contributed by atoms with E-state index in [9.17, 15) is 4.79 Å². The molecule has 2 nitrogen and oxygen atoms in total. The molecule has 0 N–H and O–H groups in total. The van der Waals surface area contributed by atoms with Crippen molar-refractivity contribution in [2.24, 2.45) is 0 Å². The molecule has 78 valence electrons. The third-order valence-electron chi connectivity index (χ3n) is 2.41. The van der Waals surface area contributed by atoms with Crippen molar-refractivity contribution in [1.82, 2.24) is 0 Å². The summed E-state index contributed by atoms with van der Waals surface area (Å²) in [6.07, 6.45) is 0. The summed E-state index contributed by atoms with van der Waals surface area (Å²) in [5, 5.41) is 2.51. The molecule has 0 fully saturated rings. The molecule has 1 heterocycles. The van der Waals surface area contributed by atoms with E-state index in [1.54, 1.807) is 6.07 Å². The highest BCUT2D eigenvalue weighted by molar-refractivity contribution is 6.87. The molecule has 0 saturated heterocycles. The summed E-state index contributed by atoms with van der Waals surface area (Å²) in [6.45, 7) is 6.50. The molecule has 0 radical (unpaired) electrons. The molecule has 0 atom stereocenters. The maximum absolute atomic E-state index is 11.7. The van der Waals surface area contributed by atoms with Crippen molar-refractivity contribution < 1.29 is 4.42 Å². The SMILES string of the molecule is C[Si](C)(C)c1cc2ccccc2c(=O)o1. The number of benzene rings is 1. The molecule has 0 unspecified atom stereocenters. The van der Waals surface area contributed by atoms with E-state index in [-0.39, 0.29) is 5.63 Å². The molecule has 0 aliphatic heterocycles. The molecular weight excluding hydrogens is 204 g/mol. The van der Waals surface area contributed by atoms with Gasteiger partial charge in [0.25, 0.3) is 0 Å². The second-order valence-electron chi connectivity index (χ2n) is 4.74. The zero-order valence-electron chi connectivity index (χ0n) is 9.20. The molecule has 0 aliphatic carbocycles. The van der Waals surface area contributed by atoms with Crippen LogP contribution in [0.2, 0.25) is 19.6 Å². The zero-order valence-corrected chi connectivity index (χ0v) is 10.2. The molecule has 0 amide bonds. The van der Waals surface area contributed by atoms with Crippen molar-refractivity contribution in [3.8, 4) is 0 Å². The van der Waals surface area contributed by atoms with Crippen molar-refractivity contribution in [1.29, 1.82) is 0 Å². The van der Waals surface area contributed by atoms with Crippen molar-refractivity contribution >= 4 is 24.2 Å². The third-order valence-corrected chi connectivity index (χ3v) is 4.13. The molecule has 0 spiro atoms. The minimum absolute atomic E-state index is 0.217. The molecule has 2 aromatic rings. The van der Waals surface area contributed by atoms with Crippen molar-refractivity contribution in [2.75, 3.05) is 0 Å². The van der Waals surface area contributed by atoms with Gasteiger partial charge < -0.3 is 4.42 Å². The van der Waals surface area contributed by atoms with Crippen LogP contribution in [-0.2, 0) is 0 Å². The highest BCUT2D eigenvalue weighted by atomic mass is 28.3. The summed E-state index contributed by atoms with van der Waals surface area (Å²) in [4.78, 5) is 11.7. The van der Waals surface area contributed by atoms with Gasteiger partial charge in [0.15, 0.2) is 0 Å². The molecule has 3 heteroatoms. The maximum Gasteiger partial charge on any atom is 0.343 e. The van der Waals surface area contributed by atoms with Crippen LogP contribution >= 0.6 is 0 Å². The monoisotopic (exact) mass is 218 g/mol. The van der Waals surface area contributed by atoms with Gasteiger partial charge in [-0.3, -0.25) is 0 Å². The summed E-state index contributed by atoms with van der Waals surface area (Å²) in [5.74, 6) is 0. The van der Waals surface area contributed by atoms with Gasteiger partial charge in [0, 0.05) is 0 Å². The van der Waals surface area contributed by atoms with Crippen LogP contribution in [0.5, 0.6) is 0 Å². The van der Waals surface area contributed by atoms with Crippen LogP contribution in [0.4, 0.5) is 0 Å². The number of hydrogen-bond donors (Lipinski definition) is 0. The maximum atomic E-state index is 11.7. The van der Waals surface area contributed by atoms with Gasteiger partial charge in [0.05, 0.1) is 10.8 Å². The normalized spacial score (nSPS) is 11.9. The smallest absolute Gasteiger partial charge is 0.343 e. The molecule has 15 heavy (non-hydrogen) atoms. The Morgan fingerprint density at radius 3 is 2.47 bits per heavy atom. The summed E-state index contributed by atoms with van der Waals surface area (Å²) in [6, 6.07) is 9.55. The van der Waals surface area contributed by atoms with E-state index in [0.717, 1.165) is 10.8 Å². The topological polar surface area (TPSA) is 30.2 Å². The predicted octanol–water partition coefficient (Wildman–Crippen LogP) is 2.34. The summed E-state index contributed by atoms with van der Waals surface area (Å²) >= 11 is 0. The van der Waals surface area contributed by atoms with Crippen molar-refractivity contribution in [3.05, 3.63) is 40.8 Å². The van der Waals surface area contributed by atoms with E-state index in [1.807, 2.05) is 24.3 Å². The molecule has 0 saturated carbocycles. The van der Waals surface area contributed by atoms with Gasteiger partial charge in [-0.15, -0.1) is 0 Å². The standard InChI is InChI=1S/C12H14O2Si/c1-15(2,3)11-8-9-6-4-5-7-10(9)12(13)14-11/h4-8H,1-3H3. The Bertz CT molecular complexity index is 549. The third kappa shape index (κ3) is 1.88. The van der Waals surface area contributed by atoms with Crippen LogP contribution < -0.4 is 11.0 Å². The Balaban J connectivity index is 2.79. The zero-order chi connectivity index (χ0) is 11.1. The van der Waals surface area contributed by atoms with Crippen LogP contribution in [0.25, 0.3) is 10.8 Å². The van der Waals surface area contributed by atoms with Gasteiger partial charge >= 0.3 is 5.63 Å². The first-order valence-electron chi connectivity index (χ1n) is 5.02. The fourth-order valence-corrected chi connectivity index (χ4v) is 2.49. The van der Waals surface area contributed by atoms with Crippen molar-refractivity contribution in [3.63, 3.8) is 0 Å². The summed E-state index contributed by atoms with van der Waals surface area (Å²) in [7, 11) is -1.55. The average molecular weight is 218 g/mol. The van der Waals surface area contributed by atoms with Gasteiger partial charge in [-0.05, 0) is 17.5 Å². The summed E-state index contributed by atoms with van der Waals surface area (Å²) in [5.41, 5.74) is -0.217. The second-order valence-corrected chi connectivity index (χ2v) is 9.73. The lowest BCUT2D eigenvalue weighted by Gasteiger charge is -2.14. The Morgan fingerprint density at radius 2 is 1.80 bits per heavy atom. The van der Waals surface area contributed by atoms with E-state index in [1.165, 1.54) is 0 Å². The Labute approximate surface area is 89.6 Å². The number of hydrogen-bond acceptors (Lipinski definition) is 2. The average Bonchev–Trinajstić information content (AvgIpc) is 2.16. The molecule has 0 bridgehead atoms. The lowest BCUT2D eigenvalue weighted by Crippen LogP contribution is -2.39. The van der Waals surface area contributed by atoms with Crippen LogP contribution in [0.1, 0.15) is 0 Å². The first-order chi connectivity index (χ1) is 6.98. The lowest BCUT2D eigenvalue weighted by atomic mass is 10.2. The molecule has 0 aliphatic rings.